The van der Waals surface area contributed by atoms with Crippen molar-refractivity contribution in [2.45, 2.75) is 60.3 Å². The van der Waals surface area contributed by atoms with Crippen molar-refractivity contribution in [1.29, 1.82) is 0 Å². The van der Waals surface area contributed by atoms with Crippen LogP contribution in [0, 0.1) is 13.8 Å². The second kappa shape index (κ2) is 18.8. The van der Waals surface area contributed by atoms with Gasteiger partial charge in [-0.3, -0.25) is 19.6 Å². The van der Waals surface area contributed by atoms with Crippen LogP contribution in [0.25, 0.3) is 22.0 Å². The Balaban J connectivity index is 0.000000234. The number of carbonyl (C=O) groups is 2. The van der Waals surface area contributed by atoms with E-state index in [1.165, 1.54) is 31.9 Å². The summed E-state index contributed by atoms with van der Waals surface area (Å²) in [6.07, 6.45) is 6.89. The number of hydrogen-bond acceptors (Lipinski definition) is 7. The lowest BCUT2D eigenvalue weighted by molar-refractivity contribution is -0.121. The van der Waals surface area contributed by atoms with Crippen LogP contribution in [-0.4, -0.2) is 43.8 Å². The van der Waals surface area contributed by atoms with Crippen molar-refractivity contribution in [3.05, 3.63) is 114 Å². The first kappa shape index (κ1) is 35.6. The lowest BCUT2D eigenvalue weighted by Gasteiger charge is -2.09. The van der Waals surface area contributed by atoms with E-state index in [0.717, 1.165) is 47.2 Å². The average Bonchev–Trinajstić information content (AvgIpc) is 3.55. The van der Waals surface area contributed by atoms with Gasteiger partial charge in [-0.25, -0.2) is 9.37 Å². The smallest absolute Gasteiger partial charge is 0.178 e. The summed E-state index contributed by atoms with van der Waals surface area (Å²) in [5.41, 5.74) is 17.6. The number of benzene rings is 2. The van der Waals surface area contributed by atoms with E-state index in [-0.39, 0.29) is 5.78 Å². The number of nitrogens with two attached hydrogens (primary N) is 2. The third-order valence-electron chi connectivity index (χ3n) is 6.45. The molecule has 232 valence electrons. The predicted molar refractivity (Wildman–Crippen MR) is 176 cm³/mol. The van der Waals surface area contributed by atoms with E-state index in [1.54, 1.807) is 18.7 Å². The summed E-state index contributed by atoms with van der Waals surface area (Å²) in [4.78, 5) is 34.2. The molecule has 2 aromatic carbocycles. The van der Waals surface area contributed by atoms with Gasteiger partial charge in [-0.05, 0) is 63.9 Å². The molecule has 5 aromatic rings. The minimum absolute atomic E-state index is 0.0414. The lowest BCUT2D eigenvalue weighted by Crippen LogP contribution is -2.04. The fraction of sp³-hybridized carbons (Fsp3) is 0.286. The van der Waals surface area contributed by atoms with Gasteiger partial charge < -0.3 is 16.0 Å². The number of carbonyl (C=O) groups excluding carboxylic acids is 2. The molecule has 3 heterocycles. The molecule has 4 N–H and O–H groups in total. The van der Waals surface area contributed by atoms with Crippen molar-refractivity contribution in [1.82, 2.24) is 19.5 Å². The SMILES string of the molecule is CC(=O)C(C)F.CC(=O)c1nccc2nc(C)c(-c3ccccc3)cc12.Cc1ccc(CN)cc1.NCCCn1ccnc1. The van der Waals surface area contributed by atoms with Crippen molar-refractivity contribution in [3.8, 4) is 11.1 Å². The Labute approximate surface area is 259 Å². The van der Waals surface area contributed by atoms with Crippen molar-refractivity contribution in [2.24, 2.45) is 11.5 Å². The molecule has 1 atom stereocenters. The molecule has 0 radical (unpaired) electrons. The zero-order chi connectivity index (χ0) is 32.5. The maximum absolute atomic E-state index is 11.7. The van der Waals surface area contributed by atoms with Crippen molar-refractivity contribution in [3.63, 3.8) is 0 Å². The van der Waals surface area contributed by atoms with Crippen LogP contribution in [0.15, 0.2) is 91.6 Å². The Hall–Kier alpha value is -4.60. The van der Waals surface area contributed by atoms with Gasteiger partial charge in [0.2, 0.25) is 0 Å². The van der Waals surface area contributed by atoms with Crippen LogP contribution in [0.5, 0.6) is 0 Å². The number of Topliss-reactive ketones (excluding diaryl/α,β-unsaturated/α-hetero) is 2. The van der Waals surface area contributed by atoms with Gasteiger partial charge in [0.15, 0.2) is 17.7 Å². The molecule has 8 nitrogen and oxygen atoms in total. The Kier molecular flexibility index (Phi) is 15.2. The molecule has 0 amide bonds. The number of fused-ring (bicyclic) bond motifs is 1. The Morgan fingerprint density at radius 1 is 0.955 bits per heavy atom. The summed E-state index contributed by atoms with van der Waals surface area (Å²) in [6.45, 7) is 10.4. The molecular weight excluding hydrogens is 555 g/mol. The fourth-order valence-corrected chi connectivity index (χ4v) is 3.80. The topological polar surface area (TPSA) is 130 Å². The highest BCUT2D eigenvalue weighted by Crippen LogP contribution is 2.27. The maximum Gasteiger partial charge on any atom is 0.178 e. The number of hydrogen-bond donors (Lipinski definition) is 2. The first-order chi connectivity index (χ1) is 21.1. The summed E-state index contributed by atoms with van der Waals surface area (Å²) in [5.74, 6) is -0.449. The van der Waals surface area contributed by atoms with Gasteiger partial charge in [-0.15, -0.1) is 0 Å². The predicted octanol–water partition coefficient (Wildman–Crippen LogP) is 6.43. The van der Waals surface area contributed by atoms with E-state index >= 15 is 0 Å². The van der Waals surface area contributed by atoms with E-state index < -0.39 is 12.0 Å². The Morgan fingerprint density at radius 3 is 2.14 bits per heavy atom. The monoisotopic (exact) mass is 598 g/mol. The highest BCUT2D eigenvalue weighted by molar-refractivity contribution is 6.05. The van der Waals surface area contributed by atoms with Crippen LogP contribution >= 0.6 is 0 Å². The Morgan fingerprint density at radius 2 is 1.61 bits per heavy atom. The number of nitrogens with zero attached hydrogens (tertiary/aromatic N) is 4. The van der Waals surface area contributed by atoms with Crippen LogP contribution in [0.2, 0.25) is 0 Å². The number of ketones is 2. The average molecular weight is 599 g/mol. The van der Waals surface area contributed by atoms with E-state index in [9.17, 15) is 14.0 Å². The van der Waals surface area contributed by atoms with E-state index in [0.29, 0.717) is 12.2 Å². The molecule has 0 aliphatic heterocycles. The summed E-state index contributed by atoms with van der Waals surface area (Å²) in [6, 6.07) is 22.1. The zero-order valence-corrected chi connectivity index (χ0v) is 26.2. The van der Waals surface area contributed by atoms with Crippen molar-refractivity contribution >= 4 is 22.5 Å². The van der Waals surface area contributed by atoms with Gasteiger partial charge in [0.05, 0.1) is 11.8 Å². The van der Waals surface area contributed by atoms with E-state index in [1.807, 2.05) is 60.2 Å². The van der Waals surface area contributed by atoms with Gasteiger partial charge in [-0.1, -0.05) is 60.2 Å². The molecule has 0 saturated carbocycles. The minimum atomic E-state index is -1.29. The number of rotatable bonds is 7. The number of alkyl halides is 1. The van der Waals surface area contributed by atoms with Crippen LogP contribution < -0.4 is 11.5 Å². The molecule has 0 bridgehead atoms. The van der Waals surface area contributed by atoms with Crippen LogP contribution in [0.3, 0.4) is 0 Å². The number of aromatic nitrogens is 4. The van der Waals surface area contributed by atoms with Gasteiger partial charge in [-0.2, -0.15) is 0 Å². The molecular formula is C35H43FN6O2. The van der Waals surface area contributed by atoms with E-state index in [4.69, 9.17) is 11.5 Å². The number of halogens is 1. The zero-order valence-electron chi connectivity index (χ0n) is 26.2. The summed E-state index contributed by atoms with van der Waals surface area (Å²) in [7, 11) is 0. The quantitative estimate of drug-likeness (QED) is 0.207. The molecule has 5 rings (SSSR count). The first-order valence-electron chi connectivity index (χ1n) is 14.5. The molecule has 0 aliphatic rings. The highest BCUT2D eigenvalue weighted by atomic mass is 19.1. The van der Waals surface area contributed by atoms with E-state index in [2.05, 4.69) is 46.1 Å². The molecule has 0 fully saturated rings. The number of aryl methyl sites for hydroxylation is 3. The standard InChI is InChI=1S/C17H14N2O.C8H11N.C6H11N3.C4H7FO/c1-11-14(13-6-4-3-5-7-13)10-15-16(19-11)8-9-18-17(15)12(2)20;1-7-2-4-8(6-9)5-3-7;7-2-1-4-9-5-3-8-6-9;1-3(5)4(2)6/h3-10H,1-2H3;2-5H,6,9H2,1H3;3,5-6H,1-2,4,7H2;3H,1-2H3. The maximum atomic E-state index is 11.7. The second-order valence-corrected chi connectivity index (χ2v) is 10.1. The minimum Gasteiger partial charge on any atom is -0.337 e. The third kappa shape index (κ3) is 11.9. The molecule has 0 saturated heterocycles. The lowest BCUT2D eigenvalue weighted by atomic mass is 10.0. The summed E-state index contributed by atoms with van der Waals surface area (Å²) >= 11 is 0. The molecule has 3 aromatic heterocycles. The highest BCUT2D eigenvalue weighted by Gasteiger charge is 2.11. The van der Waals surface area contributed by atoms with Crippen LogP contribution in [-0.2, 0) is 17.9 Å². The van der Waals surface area contributed by atoms with Crippen LogP contribution in [0.4, 0.5) is 4.39 Å². The number of pyridine rings is 2. The fourth-order valence-electron chi connectivity index (χ4n) is 3.80. The van der Waals surface area contributed by atoms with Crippen molar-refractivity contribution < 1.29 is 14.0 Å². The molecule has 0 aliphatic carbocycles. The van der Waals surface area contributed by atoms with Crippen molar-refractivity contribution in [2.75, 3.05) is 6.54 Å². The first-order valence-corrected chi connectivity index (χ1v) is 14.5. The normalized spacial score (nSPS) is 10.7. The van der Waals surface area contributed by atoms with Crippen LogP contribution in [0.1, 0.15) is 54.5 Å². The molecule has 1 unspecified atom stereocenters. The molecule has 0 spiro atoms. The number of imidazole rings is 1. The molecule has 44 heavy (non-hydrogen) atoms. The summed E-state index contributed by atoms with van der Waals surface area (Å²) in [5, 5.41) is 0.810. The third-order valence-corrected chi connectivity index (χ3v) is 6.45. The Bertz CT molecular complexity index is 1570. The molecule has 9 heteroatoms. The van der Waals surface area contributed by atoms with Gasteiger partial charge in [0.1, 0.15) is 5.69 Å². The van der Waals surface area contributed by atoms with Gasteiger partial charge in [0.25, 0.3) is 0 Å². The van der Waals surface area contributed by atoms with Gasteiger partial charge in [0, 0.05) is 55.2 Å². The van der Waals surface area contributed by atoms with Gasteiger partial charge >= 0.3 is 0 Å². The second-order valence-electron chi connectivity index (χ2n) is 10.1. The largest absolute Gasteiger partial charge is 0.337 e. The summed E-state index contributed by atoms with van der Waals surface area (Å²) < 4.78 is 13.5.